The second kappa shape index (κ2) is 4.64. The summed E-state index contributed by atoms with van der Waals surface area (Å²) in [7, 11) is 0. The number of hydrogen-bond donors (Lipinski definition) is 0. The molecule has 4 heteroatoms. The maximum atomic E-state index is 11.9. The van der Waals surface area contributed by atoms with Gasteiger partial charge in [-0.3, -0.25) is 0 Å². The zero-order valence-corrected chi connectivity index (χ0v) is 7.06. The SMILES string of the molecule is C=O.Cc1ccc(C(F)(F)F)cc1. The smallest absolute Gasteiger partial charge is 0.307 e. The summed E-state index contributed by atoms with van der Waals surface area (Å²) >= 11 is 0. The molecule has 1 aromatic rings. The topological polar surface area (TPSA) is 17.1 Å². The zero-order valence-electron chi connectivity index (χ0n) is 7.06. The lowest BCUT2D eigenvalue weighted by Gasteiger charge is -2.05. The maximum Gasteiger partial charge on any atom is 0.416 e. The first-order valence-corrected chi connectivity index (χ1v) is 3.43. The highest BCUT2D eigenvalue weighted by atomic mass is 19.4. The van der Waals surface area contributed by atoms with Gasteiger partial charge in [-0.05, 0) is 19.1 Å². The van der Waals surface area contributed by atoms with Crippen LogP contribution in [0.4, 0.5) is 13.2 Å². The molecular weight excluding hydrogens is 181 g/mol. The van der Waals surface area contributed by atoms with Gasteiger partial charge in [-0.25, -0.2) is 0 Å². The van der Waals surface area contributed by atoms with Crippen molar-refractivity contribution in [2.24, 2.45) is 0 Å². The average molecular weight is 190 g/mol. The predicted octanol–water partition coefficient (Wildman–Crippen LogP) is 2.83. The van der Waals surface area contributed by atoms with E-state index in [0.29, 0.717) is 0 Å². The van der Waals surface area contributed by atoms with E-state index in [1.165, 1.54) is 12.1 Å². The van der Waals surface area contributed by atoms with Gasteiger partial charge in [0.05, 0.1) is 5.56 Å². The van der Waals surface area contributed by atoms with Crippen LogP contribution in [0.1, 0.15) is 11.1 Å². The zero-order chi connectivity index (χ0) is 10.5. The monoisotopic (exact) mass is 190 g/mol. The van der Waals surface area contributed by atoms with Gasteiger partial charge in [0.2, 0.25) is 0 Å². The van der Waals surface area contributed by atoms with Gasteiger partial charge in [0, 0.05) is 0 Å². The van der Waals surface area contributed by atoms with E-state index in [-0.39, 0.29) is 0 Å². The fourth-order valence-corrected chi connectivity index (χ4v) is 0.743. The summed E-state index contributed by atoms with van der Waals surface area (Å²) < 4.78 is 35.8. The Morgan fingerprint density at radius 1 is 1.08 bits per heavy atom. The first-order valence-electron chi connectivity index (χ1n) is 3.43. The van der Waals surface area contributed by atoms with Gasteiger partial charge in [-0.1, -0.05) is 17.7 Å². The van der Waals surface area contributed by atoms with Crippen LogP contribution in [0, 0.1) is 6.92 Å². The molecular formula is C9H9F3O. The minimum Gasteiger partial charge on any atom is -0.307 e. The molecule has 0 atom stereocenters. The molecule has 0 heterocycles. The van der Waals surface area contributed by atoms with Crippen LogP contribution in [-0.2, 0) is 11.0 Å². The first kappa shape index (κ1) is 11.7. The van der Waals surface area contributed by atoms with E-state index < -0.39 is 11.7 Å². The lowest BCUT2D eigenvalue weighted by atomic mass is 10.1. The van der Waals surface area contributed by atoms with E-state index in [4.69, 9.17) is 4.79 Å². The Labute approximate surface area is 74.2 Å². The fraction of sp³-hybridized carbons (Fsp3) is 0.222. The fourth-order valence-electron chi connectivity index (χ4n) is 0.743. The Morgan fingerprint density at radius 2 is 1.46 bits per heavy atom. The third-order valence-electron chi connectivity index (χ3n) is 1.38. The summed E-state index contributed by atoms with van der Waals surface area (Å²) in [5, 5.41) is 0. The summed E-state index contributed by atoms with van der Waals surface area (Å²) in [5.74, 6) is 0. The molecule has 0 saturated carbocycles. The number of aryl methyl sites for hydroxylation is 1. The van der Waals surface area contributed by atoms with E-state index in [1.807, 2.05) is 6.79 Å². The molecule has 0 N–H and O–H groups in total. The van der Waals surface area contributed by atoms with Gasteiger partial charge in [0.1, 0.15) is 6.79 Å². The number of alkyl halides is 3. The van der Waals surface area contributed by atoms with Gasteiger partial charge in [-0.15, -0.1) is 0 Å². The lowest BCUT2D eigenvalue weighted by Crippen LogP contribution is -2.03. The number of hydrogen-bond acceptors (Lipinski definition) is 1. The molecule has 1 rings (SSSR count). The van der Waals surface area contributed by atoms with Crippen molar-refractivity contribution in [1.82, 2.24) is 0 Å². The lowest BCUT2D eigenvalue weighted by molar-refractivity contribution is -0.137. The molecule has 0 unspecified atom stereocenters. The van der Waals surface area contributed by atoms with E-state index in [9.17, 15) is 13.2 Å². The number of benzene rings is 1. The highest BCUT2D eigenvalue weighted by Crippen LogP contribution is 2.28. The van der Waals surface area contributed by atoms with Crippen molar-refractivity contribution in [2.75, 3.05) is 0 Å². The van der Waals surface area contributed by atoms with Crippen molar-refractivity contribution in [3.05, 3.63) is 35.4 Å². The van der Waals surface area contributed by atoms with Crippen LogP contribution in [0.3, 0.4) is 0 Å². The molecule has 1 aromatic carbocycles. The van der Waals surface area contributed by atoms with Gasteiger partial charge in [-0.2, -0.15) is 13.2 Å². The van der Waals surface area contributed by atoms with Crippen molar-refractivity contribution < 1.29 is 18.0 Å². The Balaban J connectivity index is 0.000000671. The molecule has 0 aliphatic rings. The molecule has 0 saturated heterocycles. The van der Waals surface area contributed by atoms with Crippen molar-refractivity contribution >= 4 is 6.79 Å². The molecule has 13 heavy (non-hydrogen) atoms. The second-order valence-corrected chi connectivity index (χ2v) is 2.36. The van der Waals surface area contributed by atoms with E-state index in [0.717, 1.165) is 17.7 Å². The molecule has 0 aliphatic carbocycles. The number of rotatable bonds is 0. The Hall–Kier alpha value is -1.32. The van der Waals surface area contributed by atoms with Crippen LogP contribution >= 0.6 is 0 Å². The summed E-state index contributed by atoms with van der Waals surface area (Å²) in [6.45, 7) is 3.75. The number of carbonyl (C=O) groups is 1. The molecule has 0 aromatic heterocycles. The molecule has 72 valence electrons. The molecule has 0 amide bonds. The van der Waals surface area contributed by atoms with Crippen LogP contribution in [0.25, 0.3) is 0 Å². The Kier molecular flexibility index (Phi) is 4.17. The number of carbonyl (C=O) groups excluding carboxylic acids is 1. The van der Waals surface area contributed by atoms with Gasteiger partial charge in [0.15, 0.2) is 0 Å². The largest absolute Gasteiger partial charge is 0.416 e. The molecule has 0 aliphatic heterocycles. The van der Waals surface area contributed by atoms with Crippen LogP contribution in [-0.4, -0.2) is 6.79 Å². The summed E-state index contributed by atoms with van der Waals surface area (Å²) in [6.07, 6.45) is -4.21. The number of halogens is 3. The third-order valence-corrected chi connectivity index (χ3v) is 1.38. The minimum absolute atomic E-state index is 0.594. The average Bonchev–Trinajstić information content (AvgIpc) is 2.07. The highest BCUT2D eigenvalue weighted by molar-refractivity contribution is 5.23. The molecule has 0 spiro atoms. The molecule has 0 bridgehead atoms. The molecule has 1 nitrogen and oxygen atoms in total. The summed E-state index contributed by atoms with van der Waals surface area (Å²) in [5.41, 5.74) is 0.237. The van der Waals surface area contributed by atoms with Crippen molar-refractivity contribution in [1.29, 1.82) is 0 Å². The summed E-state index contributed by atoms with van der Waals surface area (Å²) in [6, 6.07) is 5.05. The normalized spacial score (nSPS) is 10.2. The first-order chi connectivity index (χ1) is 6.00. The third kappa shape index (κ3) is 3.73. The van der Waals surface area contributed by atoms with Gasteiger partial charge in [0.25, 0.3) is 0 Å². The molecule has 0 radical (unpaired) electrons. The predicted molar refractivity (Wildman–Crippen MR) is 43.3 cm³/mol. The van der Waals surface area contributed by atoms with E-state index >= 15 is 0 Å². The minimum atomic E-state index is -4.21. The standard InChI is InChI=1S/C8H7F3.CH2O/c1-6-2-4-7(5-3-6)8(9,10)11;1-2/h2-5H,1H3;1H2. The van der Waals surface area contributed by atoms with Crippen LogP contribution in [0.15, 0.2) is 24.3 Å². The van der Waals surface area contributed by atoms with Gasteiger partial charge >= 0.3 is 6.18 Å². The second-order valence-electron chi connectivity index (χ2n) is 2.36. The van der Waals surface area contributed by atoms with Crippen LogP contribution < -0.4 is 0 Å². The Morgan fingerprint density at radius 3 is 1.77 bits per heavy atom. The van der Waals surface area contributed by atoms with E-state index in [2.05, 4.69) is 0 Å². The van der Waals surface area contributed by atoms with Crippen molar-refractivity contribution in [3.8, 4) is 0 Å². The maximum absolute atomic E-state index is 11.9. The van der Waals surface area contributed by atoms with Crippen LogP contribution in [0.2, 0.25) is 0 Å². The van der Waals surface area contributed by atoms with Crippen molar-refractivity contribution in [2.45, 2.75) is 13.1 Å². The highest BCUT2D eigenvalue weighted by Gasteiger charge is 2.29. The molecule has 0 fully saturated rings. The summed E-state index contributed by atoms with van der Waals surface area (Å²) in [4.78, 5) is 8.00. The quantitative estimate of drug-likeness (QED) is 0.614. The van der Waals surface area contributed by atoms with E-state index in [1.54, 1.807) is 6.92 Å². The van der Waals surface area contributed by atoms with Crippen molar-refractivity contribution in [3.63, 3.8) is 0 Å². The van der Waals surface area contributed by atoms with Gasteiger partial charge < -0.3 is 4.79 Å². The Bertz CT molecular complexity index is 251. The van der Waals surface area contributed by atoms with Crippen LogP contribution in [0.5, 0.6) is 0 Å².